The molecule has 0 bridgehead atoms. The molecule has 0 amide bonds. The van der Waals surface area contributed by atoms with Gasteiger partial charge in [0.2, 0.25) is 0 Å². The van der Waals surface area contributed by atoms with E-state index in [2.05, 4.69) is 0 Å². The van der Waals surface area contributed by atoms with E-state index in [0.29, 0.717) is 0 Å². The standard InChI is InChI=1S/C18H34N2O14/c19-7-10(25)14(5(2-22)30-16(7)29)33-17-8(20)11(26)15(6(3-23)32-17)34-18-13(28)12(27)9(24)4(1-21)31-18/h4-18,21-29H,1-3,19-20H2/t4-,5-,6-,7-,8-,9-,10-,11-,12+,13+,14-,15-,16?,17+,18+/m1/s1. The first-order chi connectivity index (χ1) is 16.0. The summed E-state index contributed by atoms with van der Waals surface area (Å²) in [6.07, 6.45) is -19.5. The molecule has 3 heterocycles. The zero-order chi connectivity index (χ0) is 25.3. The number of aliphatic hydroxyl groups is 9. The maximum absolute atomic E-state index is 10.8. The SMILES string of the molecule is N[C@H]1[C@H](O[C@H]2[C@H](O)[C@@H](N)C(O)O[C@@H]2CO)O[C@H](CO)[C@@H](O[C@@H]2O[C@H](CO)[C@@H](O)[C@H](O)[C@@H]2O)[C@@H]1O. The monoisotopic (exact) mass is 502 g/mol. The lowest BCUT2D eigenvalue weighted by atomic mass is 9.95. The number of hydrogen-bond acceptors (Lipinski definition) is 16. The van der Waals surface area contributed by atoms with E-state index < -0.39 is 112 Å². The van der Waals surface area contributed by atoms with Crippen molar-refractivity contribution < 1.29 is 69.6 Å². The van der Waals surface area contributed by atoms with Crippen LogP contribution in [0, 0.1) is 0 Å². The van der Waals surface area contributed by atoms with Gasteiger partial charge in [-0.05, 0) is 0 Å². The molecule has 34 heavy (non-hydrogen) atoms. The van der Waals surface area contributed by atoms with E-state index in [-0.39, 0.29) is 0 Å². The van der Waals surface area contributed by atoms with Crippen molar-refractivity contribution in [2.45, 2.75) is 92.0 Å². The first kappa shape index (κ1) is 27.9. The summed E-state index contributed by atoms with van der Waals surface area (Å²) in [5.74, 6) is 0. The molecular weight excluding hydrogens is 468 g/mol. The van der Waals surface area contributed by atoms with Gasteiger partial charge in [0.05, 0.1) is 31.9 Å². The van der Waals surface area contributed by atoms with Crippen LogP contribution in [-0.2, 0) is 23.7 Å². The van der Waals surface area contributed by atoms with E-state index in [1.807, 2.05) is 0 Å². The minimum absolute atomic E-state index is 0.664. The highest BCUT2D eigenvalue weighted by molar-refractivity contribution is 4.98. The second-order valence-corrected chi connectivity index (χ2v) is 8.51. The number of nitrogens with two attached hydrogens (primary N) is 2. The maximum atomic E-state index is 10.8. The molecule has 13 N–H and O–H groups in total. The molecule has 1 unspecified atom stereocenters. The Morgan fingerprint density at radius 3 is 1.56 bits per heavy atom. The van der Waals surface area contributed by atoms with E-state index >= 15 is 0 Å². The molecule has 3 saturated heterocycles. The van der Waals surface area contributed by atoms with Crippen LogP contribution >= 0.6 is 0 Å². The van der Waals surface area contributed by atoms with E-state index in [1.54, 1.807) is 0 Å². The van der Waals surface area contributed by atoms with Crippen LogP contribution in [0.5, 0.6) is 0 Å². The van der Waals surface area contributed by atoms with Gasteiger partial charge in [-0.2, -0.15) is 0 Å². The van der Waals surface area contributed by atoms with Gasteiger partial charge in [0.15, 0.2) is 18.9 Å². The number of hydrogen-bond donors (Lipinski definition) is 11. The smallest absolute Gasteiger partial charge is 0.187 e. The average molecular weight is 502 g/mol. The van der Waals surface area contributed by atoms with Gasteiger partial charge in [-0.15, -0.1) is 0 Å². The molecule has 16 heteroatoms. The molecule has 0 aliphatic carbocycles. The lowest BCUT2D eigenvalue weighted by Crippen LogP contribution is -2.68. The summed E-state index contributed by atoms with van der Waals surface area (Å²) in [7, 11) is 0. The molecule has 0 aromatic carbocycles. The van der Waals surface area contributed by atoms with E-state index in [0.717, 1.165) is 0 Å². The van der Waals surface area contributed by atoms with Crippen LogP contribution in [0.3, 0.4) is 0 Å². The molecule has 0 spiro atoms. The molecule has 15 atom stereocenters. The molecule has 16 nitrogen and oxygen atoms in total. The Labute approximate surface area is 193 Å². The topological polar surface area (TPSA) is 280 Å². The van der Waals surface area contributed by atoms with Crippen molar-refractivity contribution in [2.24, 2.45) is 11.5 Å². The first-order valence-electron chi connectivity index (χ1n) is 10.7. The highest BCUT2D eigenvalue weighted by atomic mass is 16.7. The Morgan fingerprint density at radius 2 is 1.00 bits per heavy atom. The molecule has 0 radical (unpaired) electrons. The zero-order valence-electron chi connectivity index (χ0n) is 18.0. The Bertz CT molecular complexity index is 644. The molecule has 0 saturated carbocycles. The van der Waals surface area contributed by atoms with Crippen molar-refractivity contribution in [1.82, 2.24) is 0 Å². The minimum atomic E-state index is -1.78. The third kappa shape index (κ3) is 5.37. The normalized spacial score (nSPS) is 52.5. The second kappa shape index (κ2) is 11.6. The summed E-state index contributed by atoms with van der Waals surface area (Å²) in [4.78, 5) is 0. The van der Waals surface area contributed by atoms with Gasteiger partial charge in [-0.1, -0.05) is 0 Å². The van der Waals surface area contributed by atoms with Gasteiger partial charge in [0.1, 0.15) is 61.0 Å². The predicted octanol–water partition coefficient (Wildman–Crippen LogP) is -7.64. The van der Waals surface area contributed by atoms with Crippen molar-refractivity contribution in [3.8, 4) is 0 Å². The summed E-state index contributed by atoms with van der Waals surface area (Å²) < 4.78 is 27.1. The Hall–Kier alpha value is -0.640. The quantitative estimate of drug-likeness (QED) is 0.154. The molecule has 3 rings (SSSR count). The Morgan fingerprint density at radius 1 is 0.529 bits per heavy atom. The van der Waals surface area contributed by atoms with Crippen molar-refractivity contribution in [3.05, 3.63) is 0 Å². The van der Waals surface area contributed by atoms with Crippen molar-refractivity contribution >= 4 is 0 Å². The van der Waals surface area contributed by atoms with Crippen LogP contribution in [0.1, 0.15) is 0 Å². The van der Waals surface area contributed by atoms with E-state index in [1.165, 1.54) is 0 Å². The van der Waals surface area contributed by atoms with Crippen LogP contribution < -0.4 is 11.5 Å². The van der Waals surface area contributed by atoms with Gasteiger partial charge in [0, 0.05) is 0 Å². The summed E-state index contributed by atoms with van der Waals surface area (Å²) in [5.41, 5.74) is 11.7. The Balaban J connectivity index is 1.72. The van der Waals surface area contributed by atoms with Crippen LogP contribution in [0.2, 0.25) is 0 Å². The third-order valence-corrected chi connectivity index (χ3v) is 6.25. The molecule has 3 aliphatic heterocycles. The molecule has 3 aliphatic rings. The Kier molecular flexibility index (Phi) is 9.54. The molecule has 200 valence electrons. The van der Waals surface area contributed by atoms with Crippen LogP contribution in [-0.4, -0.2) is 158 Å². The summed E-state index contributed by atoms with van der Waals surface area (Å²) >= 11 is 0. The predicted molar refractivity (Wildman–Crippen MR) is 105 cm³/mol. The highest BCUT2D eigenvalue weighted by Crippen LogP contribution is 2.31. The molecule has 0 aromatic heterocycles. The summed E-state index contributed by atoms with van der Waals surface area (Å²) in [6.45, 7) is -2.11. The van der Waals surface area contributed by atoms with Crippen LogP contribution in [0.25, 0.3) is 0 Å². The number of rotatable bonds is 7. The van der Waals surface area contributed by atoms with Gasteiger partial charge < -0.3 is 81.1 Å². The van der Waals surface area contributed by atoms with Gasteiger partial charge in [-0.25, -0.2) is 0 Å². The maximum Gasteiger partial charge on any atom is 0.187 e. The van der Waals surface area contributed by atoms with Crippen LogP contribution in [0.15, 0.2) is 0 Å². The fourth-order valence-electron chi connectivity index (χ4n) is 4.14. The van der Waals surface area contributed by atoms with Crippen LogP contribution in [0.4, 0.5) is 0 Å². The van der Waals surface area contributed by atoms with E-state index in [9.17, 15) is 46.0 Å². The third-order valence-electron chi connectivity index (χ3n) is 6.25. The lowest BCUT2D eigenvalue weighted by Gasteiger charge is -2.48. The number of ether oxygens (including phenoxy) is 5. The second-order valence-electron chi connectivity index (χ2n) is 8.51. The van der Waals surface area contributed by atoms with Crippen molar-refractivity contribution in [2.75, 3.05) is 19.8 Å². The summed E-state index contributed by atoms with van der Waals surface area (Å²) in [5, 5.41) is 89.5. The number of aliphatic hydroxyl groups excluding tert-OH is 9. The van der Waals surface area contributed by atoms with Crippen molar-refractivity contribution in [3.63, 3.8) is 0 Å². The molecular formula is C18H34N2O14. The van der Waals surface area contributed by atoms with Crippen molar-refractivity contribution in [1.29, 1.82) is 0 Å². The van der Waals surface area contributed by atoms with Gasteiger partial charge >= 0.3 is 0 Å². The highest BCUT2D eigenvalue weighted by Gasteiger charge is 2.52. The zero-order valence-corrected chi connectivity index (χ0v) is 18.0. The average Bonchev–Trinajstić information content (AvgIpc) is 2.83. The molecule has 3 fully saturated rings. The van der Waals surface area contributed by atoms with Gasteiger partial charge in [0.25, 0.3) is 0 Å². The lowest BCUT2D eigenvalue weighted by molar-refractivity contribution is -0.359. The minimum Gasteiger partial charge on any atom is -0.394 e. The fraction of sp³-hybridized carbons (Fsp3) is 1.00. The fourth-order valence-corrected chi connectivity index (χ4v) is 4.14. The summed E-state index contributed by atoms with van der Waals surface area (Å²) in [6, 6.07) is -2.65. The van der Waals surface area contributed by atoms with Gasteiger partial charge in [-0.3, -0.25) is 0 Å². The molecule has 0 aromatic rings. The first-order valence-corrected chi connectivity index (χ1v) is 10.7. The van der Waals surface area contributed by atoms with E-state index in [4.69, 9.17) is 35.2 Å². The largest absolute Gasteiger partial charge is 0.394 e.